The Bertz CT molecular complexity index is 624. The molecule has 0 unspecified atom stereocenters. The van der Waals surface area contributed by atoms with Gasteiger partial charge in [0.05, 0.1) is 16.2 Å². The zero-order chi connectivity index (χ0) is 14.7. The van der Waals surface area contributed by atoms with E-state index >= 15 is 0 Å². The molecule has 2 aromatic heterocycles. The van der Waals surface area contributed by atoms with Crippen molar-refractivity contribution in [3.63, 3.8) is 0 Å². The Kier molecular flexibility index (Phi) is 4.73. The lowest BCUT2D eigenvalue weighted by Crippen LogP contribution is -2.22. The molecule has 2 heterocycles. The van der Waals surface area contributed by atoms with E-state index in [9.17, 15) is 4.79 Å². The molecule has 0 aliphatic carbocycles. The summed E-state index contributed by atoms with van der Waals surface area (Å²) in [6.45, 7) is 8.13. The maximum Gasteiger partial charge on any atom is 0.272 e. The standard InChI is InChI=1S/C15H18N2OS2/c1-9(2)14(13-6-5-7-19-13)16-17-15(18)12-8-20-11(4)10(12)3/h5-9H,1-4H3,(H,17,18). The average molecular weight is 306 g/mol. The van der Waals surface area contributed by atoms with Crippen molar-refractivity contribution in [2.75, 3.05) is 0 Å². The molecule has 2 rings (SSSR count). The Hall–Kier alpha value is -1.46. The van der Waals surface area contributed by atoms with Gasteiger partial charge in [-0.15, -0.1) is 22.7 Å². The summed E-state index contributed by atoms with van der Waals surface area (Å²) in [4.78, 5) is 14.4. The highest BCUT2D eigenvalue weighted by molar-refractivity contribution is 7.12. The molecule has 106 valence electrons. The predicted molar refractivity (Wildman–Crippen MR) is 87.0 cm³/mol. The van der Waals surface area contributed by atoms with Crippen LogP contribution in [0.15, 0.2) is 28.0 Å². The summed E-state index contributed by atoms with van der Waals surface area (Å²) in [5, 5.41) is 8.22. The molecule has 5 heteroatoms. The summed E-state index contributed by atoms with van der Waals surface area (Å²) in [6, 6.07) is 4.02. The van der Waals surface area contributed by atoms with Gasteiger partial charge in [0.2, 0.25) is 0 Å². The number of aryl methyl sites for hydroxylation is 1. The van der Waals surface area contributed by atoms with Crippen LogP contribution < -0.4 is 5.43 Å². The van der Waals surface area contributed by atoms with E-state index in [1.807, 2.05) is 36.7 Å². The number of hydrazone groups is 1. The monoisotopic (exact) mass is 306 g/mol. The molecule has 2 aromatic rings. The fraction of sp³-hybridized carbons (Fsp3) is 0.333. The number of amides is 1. The van der Waals surface area contributed by atoms with E-state index in [1.54, 1.807) is 22.7 Å². The highest BCUT2D eigenvalue weighted by atomic mass is 32.1. The molecule has 0 fully saturated rings. The Labute approximate surface area is 127 Å². The van der Waals surface area contributed by atoms with E-state index in [2.05, 4.69) is 24.4 Å². The van der Waals surface area contributed by atoms with E-state index in [0.717, 1.165) is 16.2 Å². The summed E-state index contributed by atoms with van der Waals surface area (Å²) in [5.41, 5.74) is 5.35. The molecule has 1 N–H and O–H groups in total. The van der Waals surface area contributed by atoms with Crippen molar-refractivity contribution < 1.29 is 4.79 Å². The van der Waals surface area contributed by atoms with Crippen LogP contribution in [0.5, 0.6) is 0 Å². The first-order valence-corrected chi connectivity index (χ1v) is 8.23. The van der Waals surface area contributed by atoms with Gasteiger partial charge in [-0.3, -0.25) is 4.79 Å². The predicted octanol–water partition coefficient (Wildman–Crippen LogP) is 4.22. The summed E-state index contributed by atoms with van der Waals surface area (Å²) in [5.74, 6) is 0.126. The Morgan fingerprint density at radius 3 is 2.55 bits per heavy atom. The quantitative estimate of drug-likeness (QED) is 0.667. The molecule has 0 aliphatic heterocycles. The van der Waals surface area contributed by atoms with Gasteiger partial charge in [0.25, 0.3) is 5.91 Å². The number of rotatable bonds is 4. The number of carbonyl (C=O) groups excluding carboxylic acids is 1. The van der Waals surface area contributed by atoms with Gasteiger partial charge < -0.3 is 0 Å². The van der Waals surface area contributed by atoms with Crippen molar-refractivity contribution >= 4 is 34.3 Å². The lowest BCUT2D eigenvalue weighted by molar-refractivity contribution is 0.0954. The van der Waals surface area contributed by atoms with Crippen LogP contribution in [-0.4, -0.2) is 11.6 Å². The molecule has 0 aliphatic rings. The number of hydrogen-bond donors (Lipinski definition) is 1. The van der Waals surface area contributed by atoms with Gasteiger partial charge in [-0.25, -0.2) is 5.43 Å². The first kappa shape index (κ1) is 14.9. The fourth-order valence-electron chi connectivity index (χ4n) is 1.80. The number of nitrogens with one attached hydrogen (secondary N) is 1. The Morgan fingerprint density at radius 1 is 1.30 bits per heavy atom. The van der Waals surface area contributed by atoms with Crippen molar-refractivity contribution in [2.24, 2.45) is 11.0 Å². The highest BCUT2D eigenvalue weighted by Crippen LogP contribution is 2.20. The van der Waals surface area contributed by atoms with E-state index in [4.69, 9.17) is 0 Å². The molecule has 0 radical (unpaired) electrons. The summed E-state index contributed by atoms with van der Waals surface area (Å²) in [7, 11) is 0. The molecule has 3 nitrogen and oxygen atoms in total. The first-order chi connectivity index (χ1) is 9.50. The lowest BCUT2D eigenvalue weighted by atomic mass is 10.1. The van der Waals surface area contributed by atoms with Gasteiger partial charge in [-0.2, -0.15) is 5.10 Å². The fourth-order valence-corrected chi connectivity index (χ4v) is 3.53. The van der Waals surface area contributed by atoms with Crippen molar-refractivity contribution in [1.29, 1.82) is 0 Å². The summed E-state index contributed by atoms with van der Waals surface area (Å²) < 4.78 is 0. The Morgan fingerprint density at radius 2 is 2.05 bits per heavy atom. The maximum absolute atomic E-state index is 12.2. The molecular weight excluding hydrogens is 288 g/mol. The van der Waals surface area contributed by atoms with Crippen LogP contribution in [0.3, 0.4) is 0 Å². The highest BCUT2D eigenvalue weighted by Gasteiger charge is 2.14. The number of thiophene rings is 2. The number of carbonyl (C=O) groups is 1. The maximum atomic E-state index is 12.2. The molecule has 0 aromatic carbocycles. The number of nitrogens with zero attached hydrogens (tertiary/aromatic N) is 1. The zero-order valence-electron chi connectivity index (χ0n) is 12.1. The molecule has 20 heavy (non-hydrogen) atoms. The molecule has 0 atom stereocenters. The van der Waals surface area contributed by atoms with Crippen LogP contribution in [0.4, 0.5) is 0 Å². The van der Waals surface area contributed by atoms with Gasteiger partial charge >= 0.3 is 0 Å². The first-order valence-electron chi connectivity index (χ1n) is 6.47. The van der Waals surface area contributed by atoms with Crippen molar-refractivity contribution in [3.05, 3.63) is 43.8 Å². The Balaban J connectivity index is 2.18. The van der Waals surface area contributed by atoms with Crippen molar-refractivity contribution in [2.45, 2.75) is 27.7 Å². The molecule has 0 bridgehead atoms. The third-order valence-electron chi connectivity index (χ3n) is 3.13. The zero-order valence-corrected chi connectivity index (χ0v) is 13.7. The summed E-state index contributed by atoms with van der Waals surface area (Å²) >= 11 is 3.22. The van der Waals surface area contributed by atoms with Crippen LogP contribution in [0.2, 0.25) is 0 Å². The van der Waals surface area contributed by atoms with Crippen LogP contribution in [0, 0.1) is 19.8 Å². The molecule has 0 saturated heterocycles. The minimum atomic E-state index is -0.137. The van der Waals surface area contributed by atoms with Crippen LogP contribution in [-0.2, 0) is 0 Å². The molecular formula is C15H18N2OS2. The third-order valence-corrected chi connectivity index (χ3v) is 5.03. The largest absolute Gasteiger partial charge is 0.272 e. The third kappa shape index (κ3) is 3.16. The van der Waals surface area contributed by atoms with E-state index < -0.39 is 0 Å². The van der Waals surface area contributed by atoms with Crippen LogP contribution >= 0.6 is 22.7 Å². The van der Waals surface area contributed by atoms with Crippen LogP contribution in [0.25, 0.3) is 0 Å². The van der Waals surface area contributed by atoms with Gasteiger partial charge in [0.15, 0.2) is 0 Å². The van der Waals surface area contributed by atoms with Gasteiger partial charge in [0, 0.05) is 10.3 Å². The average Bonchev–Trinajstić information content (AvgIpc) is 3.01. The second-order valence-electron chi connectivity index (χ2n) is 4.90. The smallest absolute Gasteiger partial charge is 0.267 e. The second-order valence-corrected chi connectivity index (χ2v) is 6.93. The topological polar surface area (TPSA) is 41.5 Å². The van der Waals surface area contributed by atoms with E-state index in [-0.39, 0.29) is 11.8 Å². The normalized spacial score (nSPS) is 11.9. The number of hydrogen-bond acceptors (Lipinski definition) is 4. The molecule has 0 spiro atoms. The lowest BCUT2D eigenvalue weighted by Gasteiger charge is -2.08. The van der Waals surface area contributed by atoms with Gasteiger partial charge in [-0.1, -0.05) is 19.9 Å². The van der Waals surface area contributed by atoms with Crippen LogP contribution in [0.1, 0.15) is 39.5 Å². The van der Waals surface area contributed by atoms with Crippen molar-refractivity contribution in [1.82, 2.24) is 5.43 Å². The summed E-state index contributed by atoms with van der Waals surface area (Å²) in [6.07, 6.45) is 0. The second kappa shape index (κ2) is 6.33. The molecule has 1 amide bonds. The minimum absolute atomic E-state index is 0.137. The van der Waals surface area contributed by atoms with Crippen molar-refractivity contribution in [3.8, 4) is 0 Å². The van der Waals surface area contributed by atoms with Gasteiger partial charge in [0.1, 0.15) is 0 Å². The SMILES string of the molecule is Cc1scc(C(=O)NN=C(c2cccs2)C(C)C)c1C. The molecule has 0 saturated carbocycles. The minimum Gasteiger partial charge on any atom is -0.267 e. The van der Waals surface area contributed by atoms with E-state index in [1.165, 1.54) is 4.88 Å². The van der Waals surface area contributed by atoms with Gasteiger partial charge in [-0.05, 0) is 36.8 Å². The van der Waals surface area contributed by atoms with E-state index in [0.29, 0.717) is 5.56 Å².